The van der Waals surface area contributed by atoms with Crippen LogP contribution in [0.25, 0.3) is 5.69 Å². The number of carbonyl (C=O) groups excluding carboxylic acids is 1. The van der Waals surface area contributed by atoms with Gasteiger partial charge in [-0.2, -0.15) is 5.10 Å². The highest BCUT2D eigenvalue weighted by Gasteiger charge is 2.18. The third-order valence-electron chi connectivity index (χ3n) is 3.39. The van der Waals surface area contributed by atoms with E-state index < -0.39 is 10.8 Å². The Kier molecular flexibility index (Phi) is 6.14. The van der Waals surface area contributed by atoms with Crippen LogP contribution < -0.4 is 10.6 Å². The monoisotopic (exact) mass is 348 g/mol. The highest BCUT2D eigenvalue weighted by atomic mass is 32.2. The number of nitrogens with one attached hydrogen (secondary N) is 2. The number of benzene rings is 1. The molecule has 0 aliphatic heterocycles. The second-order valence-corrected chi connectivity index (χ2v) is 8.72. The van der Waals surface area contributed by atoms with Gasteiger partial charge in [-0.1, -0.05) is 12.1 Å². The fraction of sp³-hybridized carbons (Fsp3) is 0.412. The number of nitrogens with zero attached hydrogens (tertiary/aromatic N) is 2. The Morgan fingerprint density at radius 2 is 2.04 bits per heavy atom. The number of rotatable bonds is 6. The Balaban J connectivity index is 1.78. The largest absolute Gasteiger partial charge is 0.337 e. The first kappa shape index (κ1) is 18.2. The molecule has 1 aromatic heterocycles. The van der Waals surface area contributed by atoms with Crippen LogP contribution in [0.5, 0.6) is 0 Å². The summed E-state index contributed by atoms with van der Waals surface area (Å²) < 4.78 is 13.4. The molecule has 0 fully saturated rings. The summed E-state index contributed by atoms with van der Waals surface area (Å²) in [4.78, 5) is 11.8. The molecule has 130 valence electrons. The summed E-state index contributed by atoms with van der Waals surface area (Å²) >= 11 is 0. The smallest absolute Gasteiger partial charge is 0.315 e. The lowest BCUT2D eigenvalue weighted by molar-refractivity contribution is 0.241. The zero-order valence-electron chi connectivity index (χ0n) is 14.3. The Hall–Kier alpha value is -2.15. The zero-order valence-corrected chi connectivity index (χ0v) is 15.1. The molecule has 0 saturated heterocycles. The Labute approximate surface area is 145 Å². The fourth-order valence-electron chi connectivity index (χ4n) is 2.04. The van der Waals surface area contributed by atoms with Crippen molar-refractivity contribution in [3.05, 3.63) is 48.3 Å². The Morgan fingerprint density at radius 3 is 2.71 bits per heavy atom. The normalized spacial score (nSPS) is 12.6. The molecule has 0 unspecified atom stereocenters. The number of carbonyl (C=O) groups is 1. The Bertz CT molecular complexity index is 693. The van der Waals surface area contributed by atoms with Gasteiger partial charge in [0.1, 0.15) is 0 Å². The molecule has 0 radical (unpaired) electrons. The van der Waals surface area contributed by atoms with E-state index >= 15 is 0 Å². The molecular formula is C17H24N4O2S. The van der Waals surface area contributed by atoms with Crippen LogP contribution in [0.3, 0.4) is 0 Å². The first-order chi connectivity index (χ1) is 11.4. The molecule has 1 heterocycles. The van der Waals surface area contributed by atoms with Gasteiger partial charge in [0.2, 0.25) is 0 Å². The van der Waals surface area contributed by atoms with E-state index in [0.717, 1.165) is 11.3 Å². The van der Waals surface area contributed by atoms with Crippen molar-refractivity contribution in [1.82, 2.24) is 20.4 Å². The predicted octanol–water partition coefficient (Wildman–Crippen LogP) is 2.22. The summed E-state index contributed by atoms with van der Waals surface area (Å²) in [6.45, 7) is 6.59. The third kappa shape index (κ3) is 5.49. The van der Waals surface area contributed by atoms with Crippen LogP contribution in [0.1, 0.15) is 26.3 Å². The maximum atomic E-state index is 11.9. The fourth-order valence-corrected chi connectivity index (χ4v) is 2.94. The summed E-state index contributed by atoms with van der Waals surface area (Å²) in [7, 11) is -0.966. The molecule has 0 bridgehead atoms. The maximum absolute atomic E-state index is 11.9. The molecule has 2 N–H and O–H groups in total. The average molecular weight is 348 g/mol. The van der Waals surface area contributed by atoms with Gasteiger partial charge in [0, 0.05) is 46.8 Å². The van der Waals surface area contributed by atoms with Crippen molar-refractivity contribution in [2.45, 2.75) is 32.1 Å². The second kappa shape index (κ2) is 8.10. The summed E-state index contributed by atoms with van der Waals surface area (Å²) in [6, 6.07) is 9.41. The highest BCUT2D eigenvalue weighted by Crippen LogP contribution is 2.11. The molecule has 2 aromatic rings. The maximum Gasteiger partial charge on any atom is 0.315 e. The lowest BCUT2D eigenvalue weighted by Gasteiger charge is -2.17. The van der Waals surface area contributed by atoms with Gasteiger partial charge in [0.15, 0.2) is 0 Å². The molecule has 24 heavy (non-hydrogen) atoms. The van der Waals surface area contributed by atoms with Gasteiger partial charge in [0.25, 0.3) is 0 Å². The van der Waals surface area contributed by atoms with E-state index in [0.29, 0.717) is 18.8 Å². The molecular weight excluding hydrogens is 324 g/mol. The van der Waals surface area contributed by atoms with Crippen molar-refractivity contribution in [3.63, 3.8) is 0 Å². The lowest BCUT2D eigenvalue weighted by atomic mass is 10.2. The van der Waals surface area contributed by atoms with Crippen LogP contribution in [0, 0.1) is 0 Å². The van der Waals surface area contributed by atoms with Crippen LogP contribution in [-0.4, -0.2) is 37.1 Å². The van der Waals surface area contributed by atoms with Crippen LogP contribution in [0.15, 0.2) is 42.7 Å². The second-order valence-electron chi connectivity index (χ2n) is 6.39. The molecule has 1 atom stereocenters. The minimum Gasteiger partial charge on any atom is -0.337 e. The van der Waals surface area contributed by atoms with E-state index in [9.17, 15) is 9.00 Å². The summed E-state index contributed by atoms with van der Waals surface area (Å²) in [5.41, 5.74) is 1.93. The topological polar surface area (TPSA) is 76.0 Å². The van der Waals surface area contributed by atoms with Crippen LogP contribution in [0.2, 0.25) is 0 Å². The van der Waals surface area contributed by atoms with Gasteiger partial charge in [-0.3, -0.25) is 4.21 Å². The van der Waals surface area contributed by atoms with Gasteiger partial charge < -0.3 is 10.6 Å². The predicted molar refractivity (Wildman–Crippen MR) is 96.6 cm³/mol. The lowest BCUT2D eigenvalue weighted by Crippen LogP contribution is -2.38. The van der Waals surface area contributed by atoms with E-state index in [1.165, 1.54) is 0 Å². The molecule has 2 rings (SSSR count). The van der Waals surface area contributed by atoms with Gasteiger partial charge in [-0.25, -0.2) is 9.48 Å². The molecule has 0 aliphatic carbocycles. The van der Waals surface area contributed by atoms with Gasteiger partial charge >= 0.3 is 6.03 Å². The number of amides is 2. The zero-order chi connectivity index (χ0) is 17.6. The van der Waals surface area contributed by atoms with E-state index in [1.807, 2.05) is 57.3 Å². The molecule has 6 nitrogen and oxygen atoms in total. The molecule has 2 amide bonds. The quantitative estimate of drug-likeness (QED) is 0.840. The van der Waals surface area contributed by atoms with Crippen LogP contribution >= 0.6 is 0 Å². The van der Waals surface area contributed by atoms with Crippen molar-refractivity contribution in [3.8, 4) is 5.69 Å². The van der Waals surface area contributed by atoms with Gasteiger partial charge in [-0.15, -0.1) is 0 Å². The number of hydrogen-bond donors (Lipinski definition) is 2. The van der Waals surface area contributed by atoms with Crippen LogP contribution in [0.4, 0.5) is 4.79 Å². The first-order valence-corrected chi connectivity index (χ1v) is 9.17. The van der Waals surface area contributed by atoms with E-state index in [2.05, 4.69) is 15.7 Å². The molecule has 7 heteroatoms. The molecule has 0 aliphatic rings. The minimum absolute atomic E-state index is 0.259. The van der Waals surface area contributed by atoms with E-state index in [4.69, 9.17) is 0 Å². The summed E-state index contributed by atoms with van der Waals surface area (Å²) in [5, 5.41) is 9.73. The van der Waals surface area contributed by atoms with Gasteiger partial charge in [-0.05, 0) is 44.5 Å². The number of urea groups is 1. The minimum atomic E-state index is -0.966. The van der Waals surface area contributed by atoms with Crippen molar-refractivity contribution in [2.75, 3.05) is 12.3 Å². The van der Waals surface area contributed by atoms with Crippen LogP contribution in [-0.2, 0) is 17.3 Å². The highest BCUT2D eigenvalue weighted by molar-refractivity contribution is 7.86. The first-order valence-electron chi connectivity index (χ1n) is 7.85. The van der Waals surface area contributed by atoms with Crippen molar-refractivity contribution < 1.29 is 9.00 Å². The molecule has 0 saturated carbocycles. The van der Waals surface area contributed by atoms with E-state index in [-0.39, 0.29) is 10.8 Å². The SMILES string of the molecule is CC(C)(C)[S@@](=O)CCNC(=O)NCc1cccc(-n2cccn2)c1. The molecule has 1 aromatic carbocycles. The van der Waals surface area contributed by atoms with Crippen molar-refractivity contribution >= 4 is 16.8 Å². The van der Waals surface area contributed by atoms with Crippen molar-refractivity contribution in [1.29, 1.82) is 0 Å². The van der Waals surface area contributed by atoms with E-state index in [1.54, 1.807) is 10.9 Å². The molecule has 0 spiro atoms. The van der Waals surface area contributed by atoms with Gasteiger partial charge in [0.05, 0.1) is 5.69 Å². The third-order valence-corrected chi connectivity index (χ3v) is 5.33. The summed E-state index contributed by atoms with van der Waals surface area (Å²) in [6.07, 6.45) is 3.59. The average Bonchev–Trinajstić information content (AvgIpc) is 3.06. The van der Waals surface area contributed by atoms with Crippen molar-refractivity contribution in [2.24, 2.45) is 0 Å². The Morgan fingerprint density at radius 1 is 1.25 bits per heavy atom. The number of hydrogen-bond acceptors (Lipinski definition) is 3. The standard InChI is InChI=1S/C17H24N4O2S/c1-17(2,3)24(23)11-9-18-16(22)19-13-14-6-4-7-15(12-14)21-10-5-8-20-21/h4-8,10,12H,9,11,13H2,1-3H3,(H2,18,19,22)/t24-/m0/s1. The number of aromatic nitrogens is 2. The summed E-state index contributed by atoms with van der Waals surface area (Å²) in [5.74, 6) is 0.450.